The summed E-state index contributed by atoms with van der Waals surface area (Å²) in [5.41, 5.74) is -1.07. The average molecular weight is 526 g/mol. The van der Waals surface area contributed by atoms with E-state index in [1.54, 1.807) is 6.07 Å². The first-order valence-corrected chi connectivity index (χ1v) is 12.6. The van der Waals surface area contributed by atoms with Gasteiger partial charge in [0.2, 0.25) is 0 Å². The third-order valence-corrected chi connectivity index (χ3v) is 6.98. The predicted molar refractivity (Wildman–Crippen MR) is 110 cm³/mol. The molecule has 17 heteroatoms. The molecule has 14 nitrogen and oxygen atoms in total. The van der Waals surface area contributed by atoms with Crippen LogP contribution in [0.1, 0.15) is 11.8 Å². The number of hydrogen-bond acceptors (Lipinski definition) is 9. The van der Waals surface area contributed by atoms with E-state index in [4.69, 9.17) is 14.5 Å². The van der Waals surface area contributed by atoms with Crippen molar-refractivity contribution in [2.45, 2.75) is 37.5 Å². The summed E-state index contributed by atoms with van der Waals surface area (Å²) in [5, 5.41) is 20.5. The van der Waals surface area contributed by atoms with E-state index in [-0.39, 0.29) is 13.0 Å². The number of ether oxygens (including phenoxy) is 1. The Morgan fingerprint density at radius 1 is 1.09 bits per heavy atom. The number of aliphatic hydroxyl groups is 2. The molecule has 1 saturated heterocycles. The number of phosphoric acid groups is 2. The first kappa shape index (κ1) is 26.6. The van der Waals surface area contributed by atoms with Gasteiger partial charge in [-0.1, -0.05) is 12.1 Å². The largest absolute Gasteiger partial charge is 0.481 e. The third-order valence-electron chi connectivity index (χ3n) is 4.83. The quantitative estimate of drug-likeness (QED) is 0.256. The smallest absolute Gasteiger partial charge is 0.387 e. The van der Waals surface area contributed by atoms with Gasteiger partial charge >= 0.3 is 21.3 Å². The summed E-state index contributed by atoms with van der Waals surface area (Å²) in [7, 11) is -10.6. The van der Waals surface area contributed by atoms with E-state index >= 15 is 0 Å². The van der Waals surface area contributed by atoms with Crippen molar-refractivity contribution in [3.63, 3.8) is 0 Å². The predicted octanol–water partition coefficient (Wildman–Crippen LogP) is -0.763. The summed E-state index contributed by atoms with van der Waals surface area (Å²) in [5.74, 6) is -0.487. The minimum Gasteiger partial charge on any atom is -0.387 e. The van der Waals surface area contributed by atoms with Crippen LogP contribution in [0.25, 0.3) is 0 Å². The second kappa shape index (κ2) is 10.3. The minimum atomic E-state index is -5.37. The maximum atomic E-state index is 13.4. The molecule has 0 aliphatic carbocycles. The van der Waals surface area contributed by atoms with E-state index in [9.17, 15) is 38.2 Å². The molecule has 1 fully saturated rings. The molecule has 5 N–H and O–H groups in total. The Labute approximate surface area is 190 Å². The van der Waals surface area contributed by atoms with E-state index in [0.29, 0.717) is 5.56 Å². The fraction of sp³-hybridized carbons (Fsp3) is 0.412. The highest BCUT2D eigenvalue weighted by Crippen LogP contribution is 2.57. The standard InChI is InChI=1S/C17H21FN2O12P2/c18-11-3-1-2-10(8-11)4-6-19-13(21)5-7-20(17(19)24)16-15(23)14(22)12(31-16)9-30-34(28,29)32-33(25,26)27/h1-3,5,7-8,12,14-16,22-23H,4,6,9H2,(H,28,29)(H2,25,26,27)/t12-,14-,15-,16-/m1/s1. The zero-order chi connectivity index (χ0) is 25.3. The maximum absolute atomic E-state index is 13.4. The lowest BCUT2D eigenvalue weighted by atomic mass is 10.1. The molecule has 1 aliphatic heterocycles. The highest BCUT2D eigenvalue weighted by atomic mass is 31.3. The Morgan fingerprint density at radius 3 is 2.44 bits per heavy atom. The molecular formula is C17H21FN2O12P2. The van der Waals surface area contributed by atoms with E-state index in [1.165, 1.54) is 18.2 Å². The molecule has 0 bridgehead atoms. The average Bonchev–Trinajstić information content (AvgIpc) is 2.99. The summed E-state index contributed by atoms with van der Waals surface area (Å²) >= 11 is 0. The molecule has 0 saturated carbocycles. The summed E-state index contributed by atoms with van der Waals surface area (Å²) in [6.45, 7) is -1.08. The second-order valence-corrected chi connectivity index (χ2v) is 10.1. The Hall–Kier alpha value is -2.03. The molecule has 1 aromatic carbocycles. The van der Waals surface area contributed by atoms with Crippen LogP contribution in [-0.2, 0) is 35.7 Å². The first-order valence-electron chi connectivity index (χ1n) is 9.60. The van der Waals surface area contributed by atoms with Crippen molar-refractivity contribution in [3.05, 3.63) is 68.7 Å². The molecule has 34 heavy (non-hydrogen) atoms. The number of benzene rings is 1. The monoisotopic (exact) mass is 526 g/mol. The van der Waals surface area contributed by atoms with E-state index in [0.717, 1.165) is 21.4 Å². The molecule has 0 radical (unpaired) electrons. The number of aliphatic hydroxyl groups excluding tert-OH is 2. The molecule has 3 rings (SSSR count). The van der Waals surface area contributed by atoms with Crippen LogP contribution in [0, 0.1) is 5.82 Å². The molecule has 0 spiro atoms. The van der Waals surface area contributed by atoms with Crippen LogP contribution in [-0.4, -0.2) is 58.9 Å². The number of nitrogens with zero attached hydrogens (tertiary/aromatic N) is 2. The zero-order valence-electron chi connectivity index (χ0n) is 17.2. The lowest BCUT2D eigenvalue weighted by Gasteiger charge is -2.19. The van der Waals surface area contributed by atoms with E-state index in [2.05, 4.69) is 8.83 Å². The molecule has 2 heterocycles. The Bertz CT molecular complexity index is 1240. The van der Waals surface area contributed by atoms with Gasteiger partial charge in [-0.15, -0.1) is 0 Å². The Morgan fingerprint density at radius 2 is 1.79 bits per heavy atom. The van der Waals surface area contributed by atoms with E-state index in [1.807, 2.05) is 0 Å². The lowest BCUT2D eigenvalue weighted by Crippen LogP contribution is -2.43. The van der Waals surface area contributed by atoms with Crippen LogP contribution in [0.5, 0.6) is 0 Å². The van der Waals surface area contributed by atoms with Gasteiger partial charge in [0.25, 0.3) is 5.56 Å². The number of aromatic nitrogens is 2. The number of aryl methyl sites for hydroxylation is 1. The topological polar surface area (TPSA) is 207 Å². The summed E-state index contributed by atoms with van der Waals surface area (Å²) in [6, 6.07) is 6.57. The van der Waals surface area contributed by atoms with E-state index < -0.39 is 63.9 Å². The van der Waals surface area contributed by atoms with Gasteiger partial charge in [0.05, 0.1) is 6.61 Å². The van der Waals surface area contributed by atoms with Crippen molar-refractivity contribution < 1.29 is 52.0 Å². The highest BCUT2D eigenvalue weighted by molar-refractivity contribution is 7.60. The van der Waals surface area contributed by atoms with Crippen molar-refractivity contribution in [2.75, 3.05) is 6.61 Å². The van der Waals surface area contributed by atoms with Crippen LogP contribution in [0.2, 0.25) is 0 Å². The van der Waals surface area contributed by atoms with Gasteiger partial charge in [-0.05, 0) is 24.1 Å². The molecule has 1 aromatic heterocycles. The Kier molecular flexibility index (Phi) is 8.05. The van der Waals surface area contributed by atoms with Crippen LogP contribution >= 0.6 is 15.6 Å². The van der Waals surface area contributed by atoms with Crippen LogP contribution in [0.3, 0.4) is 0 Å². The van der Waals surface area contributed by atoms with Gasteiger partial charge in [0.15, 0.2) is 6.23 Å². The summed E-state index contributed by atoms with van der Waals surface area (Å²) < 4.78 is 50.6. The summed E-state index contributed by atoms with van der Waals surface area (Å²) in [6.07, 6.45) is -5.41. The van der Waals surface area contributed by atoms with Crippen LogP contribution in [0.4, 0.5) is 4.39 Å². The van der Waals surface area contributed by atoms with Crippen molar-refractivity contribution in [3.8, 4) is 0 Å². The second-order valence-electron chi connectivity index (χ2n) is 7.26. The molecule has 188 valence electrons. The van der Waals surface area contributed by atoms with Gasteiger partial charge < -0.3 is 29.6 Å². The van der Waals surface area contributed by atoms with Gasteiger partial charge in [-0.3, -0.25) is 18.5 Å². The minimum absolute atomic E-state index is 0.132. The molecule has 0 amide bonds. The maximum Gasteiger partial charge on any atom is 0.481 e. The Balaban J connectivity index is 1.76. The number of hydrogen-bond donors (Lipinski definition) is 5. The van der Waals surface area contributed by atoms with Gasteiger partial charge in [-0.2, -0.15) is 4.31 Å². The van der Waals surface area contributed by atoms with Crippen molar-refractivity contribution >= 4 is 15.6 Å². The summed E-state index contributed by atoms with van der Waals surface area (Å²) in [4.78, 5) is 51.6. The van der Waals surface area contributed by atoms with Crippen molar-refractivity contribution in [2.24, 2.45) is 0 Å². The molecular weight excluding hydrogens is 505 g/mol. The van der Waals surface area contributed by atoms with Gasteiger partial charge in [-0.25, -0.2) is 18.3 Å². The SMILES string of the molecule is O=c1ccn([C@@H]2O[C@H](COP(=O)(O)OP(=O)(O)O)[C@@H](O)[C@H]2O)c(=O)n1CCc1cccc(F)c1. The first-order chi connectivity index (χ1) is 15.8. The normalized spacial score (nSPS) is 24.8. The highest BCUT2D eigenvalue weighted by Gasteiger charge is 2.45. The number of halogens is 1. The number of rotatable bonds is 9. The molecule has 1 unspecified atom stereocenters. The fourth-order valence-corrected chi connectivity index (χ4v) is 4.89. The molecule has 5 atom stereocenters. The third kappa shape index (κ3) is 6.55. The van der Waals surface area contributed by atoms with Gasteiger partial charge in [0, 0.05) is 18.8 Å². The van der Waals surface area contributed by atoms with Crippen molar-refractivity contribution in [1.29, 1.82) is 0 Å². The lowest BCUT2D eigenvalue weighted by molar-refractivity contribution is -0.0548. The molecule has 2 aromatic rings. The fourth-order valence-electron chi connectivity index (χ4n) is 3.29. The molecule has 1 aliphatic rings. The number of phosphoric ester groups is 1. The van der Waals surface area contributed by atoms with Crippen LogP contribution < -0.4 is 11.2 Å². The zero-order valence-corrected chi connectivity index (χ0v) is 18.9. The van der Waals surface area contributed by atoms with Crippen molar-refractivity contribution in [1.82, 2.24) is 9.13 Å². The van der Waals surface area contributed by atoms with Crippen LogP contribution in [0.15, 0.2) is 46.1 Å². The van der Waals surface area contributed by atoms with Gasteiger partial charge in [0.1, 0.15) is 24.1 Å².